The van der Waals surface area contributed by atoms with E-state index in [0.717, 1.165) is 37.3 Å². The van der Waals surface area contributed by atoms with Crippen LogP contribution in [0.15, 0.2) is 12.3 Å². The highest BCUT2D eigenvalue weighted by Gasteiger charge is 2.28. The second-order valence-electron chi connectivity index (χ2n) is 4.95. The molecular formula is C13H19N3O2. The average molecular weight is 249 g/mol. The van der Waals surface area contributed by atoms with Gasteiger partial charge in [-0.1, -0.05) is 0 Å². The number of aromatic nitrogens is 2. The molecule has 18 heavy (non-hydrogen) atoms. The Morgan fingerprint density at radius 1 is 1.39 bits per heavy atom. The van der Waals surface area contributed by atoms with Crippen molar-refractivity contribution in [1.29, 1.82) is 0 Å². The van der Waals surface area contributed by atoms with E-state index < -0.39 is 5.97 Å². The van der Waals surface area contributed by atoms with Crippen molar-refractivity contribution in [2.24, 2.45) is 5.92 Å². The third-order valence-corrected chi connectivity index (χ3v) is 3.69. The van der Waals surface area contributed by atoms with Gasteiger partial charge in [0.05, 0.1) is 5.92 Å². The summed E-state index contributed by atoms with van der Waals surface area (Å²) < 4.78 is 0. The molecule has 1 aromatic heterocycles. The number of aliphatic carboxylic acids is 1. The van der Waals surface area contributed by atoms with Crippen molar-refractivity contribution >= 4 is 11.9 Å². The zero-order valence-corrected chi connectivity index (χ0v) is 10.8. The van der Waals surface area contributed by atoms with Crippen molar-refractivity contribution in [1.82, 2.24) is 9.97 Å². The van der Waals surface area contributed by atoms with Gasteiger partial charge in [-0.2, -0.15) is 0 Å². The van der Waals surface area contributed by atoms with E-state index in [0.29, 0.717) is 6.04 Å². The number of rotatable bonds is 3. The summed E-state index contributed by atoms with van der Waals surface area (Å²) in [6.07, 6.45) is 5.04. The zero-order valence-electron chi connectivity index (χ0n) is 10.8. The molecule has 0 saturated heterocycles. The second-order valence-corrected chi connectivity index (χ2v) is 4.95. The van der Waals surface area contributed by atoms with E-state index in [-0.39, 0.29) is 5.92 Å². The Labute approximate surface area is 107 Å². The zero-order chi connectivity index (χ0) is 13.1. The van der Waals surface area contributed by atoms with Crippen LogP contribution in [0.5, 0.6) is 0 Å². The largest absolute Gasteiger partial charge is 0.481 e. The van der Waals surface area contributed by atoms with Gasteiger partial charge in [0.2, 0.25) is 5.95 Å². The van der Waals surface area contributed by atoms with Crippen LogP contribution in [0.3, 0.4) is 0 Å². The molecule has 1 heterocycles. The highest BCUT2D eigenvalue weighted by Crippen LogP contribution is 2.28. The predicted molar refractivity (Wildman–Crippen MR) is 68.6 cm³/mol. The van der Waals surface area contributed by atoms with Gasteiger partial charge in [0.25, 0.3) is 0 Å². The van der Waals surface area contributed by atoms with Crippen LogP contribution >= 0.6 is 0 Å². The molecule has 0 radical (unpaired) electrons. The van der Waals surface area contributed by atoms with E-state index in [2.05, 4.69) is 14.9 Å². The molecule has 5 nitrogen and oxygen atoms in total. The Morgan fingerprint density at radius 3 is 2.61 bits per heavy atom. The van der Waals surface area contributed by atoms with Gasteiger partial charge in [-0.15, -0.1) is 0 Å². The Hall–Kier alpha value is -1.65. The van der Waals surface area contributed by atoms with Crippen molar-refractivity contribution in [3.8, 4) is 0 Å². The summed E-state index contributed by atoms with van der Waals surface area (Å²) in [6, 6.07) is 2.22. The topological polar surface area (TPSA) is 66.3 Å². The molecule has 0 atom stereocenters. The van der Waals surface area contributed by atoms with Crippen LogP contribution in [-0.4, -0.2) is 34.1 Å². The normalized spacial score (nSPS) is 23.7. The van der Waals surface area contributed by atoms with Gasteiger partial charge in [-0.25, -0.2) is 9.97 Å². The van der Waals surface area contributed by atoms with Gasteiger partial charge in [-0.05, 0) is 38.7 Å². The summed E-state index contributed by atoms with van der Waals surface area (Å²) in [7, 11) is 1.99. The van der Waals surface area contributed by atoms with Crippen LogP contribution < -0.4 is 4.90 Å². The number of nitrogens with zero attached hydrogens (tertiary/aromatic N) is 3. The lowest BCUT2D eigenvalue weighted by atomic mass is 9.85. The maximum absolute atomic E-state index is 10.9. The molecule has 2 rings (SSSR count). The molecule has 1 saturated carbocycles. The number of carboxylic acid groups (broad SMARTS) is 1. The molecule has 0 aromatic carbocycles. The summed E-state index contributed by atoms with van der Waals surface area (Å²) in [5.74, 6) is -0.107. The molecule has 1 N–H and O–H groups in total. The van der Waals surface area contributed by atoms with E-state index in [1.165, 1.54) is 0 Å². The molecule has 1 fully saturated rings. The number of aryl methyl sites for hydroxylation is 1. The van der Waals surface area contributed by atoms with Gasteiger partial charge in [-0.3, -0.25) is 4.79 Å². The van der Waals surface area contributed by atoms with Crippen LogP contribution in [0.25, 0.3) is 0 Å². The van der Waals surface area contributed by atoms with Crippen LogP contribution in [0.1, 0.15) is 31.4 Å². The molecule has 0 spiro atoms. The number of carbonyl (C=O) groups is 1. The summed E-state index contributed by atoms with van der Waals surface area (Å²) >= 11 is 0. The fourth-order valence-electron chi connectivity index (χ4n) is 2.48. The summed E-state index contributed by atoms with van der Waals surface area (Å²) in [5, 5.41) is 8.98. The highest BCUT2D eigenvalue weighted by molar-refractivity contribution is 5.70. The van der Waals surface area contributed by atoms with Gasteiger partial charge < -0.3 is 10.0 Å². The van der Waals surface area contributed by atoms with Crippen molar-refractivity contribution in [2.45, 2.75) is 38.6 Å². The maximum Gasteiger partial charge on any atom is 0.306 e. The van der Waals surface area contributed by atoms with Crippen LogP contribution in [0.4, 0.5) is 5.95 Å². The Bertz CT molecular complexity index is 428. The minimum Gasteiger partial charge on any atom is -0.481 e. The molecule has 5 heteroatoms. The number of anilines is 1. The first-order valence-electron chi connectivity index (χ1n) is 6.33. The van der Waals surface area contributed by atoms with E-state index >= 15 is 0 Å². The molecule has 1 aliphatic carbocycles. The standard InChI is InChI=1S/C13H19N3O2/c1-9-7-8-14-13(15-9)16(2)11-5-3-10(4-6-11)12(17)18/h7-8,10-11H,3-6H2,1-2H3,(H,17,18). The molecule has 0 unspecified atom stereocenters. The summed E-state index contributed by atoms with van der Waals surface area (Å²) in [5.41, 5.74) is 0.950. The Balaban J connectivity index is 1.99. The fraction of sp³-hybridized carbons (Fsp3) is 0.615. The number of carboxylic acids is 1. The first-order valence-corrected chi connectivity index (χ1v) is 6.33. The van der Waals surface area contributed by atoms with Crippen molar-refractivity contribution in [2.75, 3.05) is 11.9 Å². The first-order chi connectivity index (χ1) is 8.58. The lowest BCUT2D eigenvalue weighted by molar-refractivity contribution is -0.142. The molecule has 0 amide bonds. The van der Waals surface area contributed by atoms with Crippen LogP contribution in [-0.2, 0) is 4.79 Å². The van der Waals surface area contributed by atoms with Crippen molar-refractivity contribution < 1.29 is 9.90 Å². The lowest BCUT2D eigenvalue weighted by Crippen LogP contribution is -2.37. The third kappa shape index (κ3) is 2.78. The van der Waals surface area contributed by atoms with Gasteiger partial charge in [0.15, 0.2) is 0 Å². The third-order valence-electron chi connectivity index (χ3n) is 3.69. The maximum atomic E-state index is 10.9. The predicted octanol–water partition coefficient (Wildman–Crippen LogP) is 1.86. The lowest BCUT2D eigenvalue weighted by Gasteiger charge is -2.33. The van der Waals surface area contributed by atoms with E-state index in [1.54, 1.807) is 6.20 Å². The summed E-state index contributed by atoms with van der Waals surface area (Å²) in [6.45, 7) is 1.94. The summed E-state index contributed by atoms with van der Waals surface area (Å²) in [4.78, 5) is 21.6. The average Bonchev–Trinajstić information content (AvgIpc) is 2.38. The van der Waals surface area contributed by atoms with Crippen LogP contribution in [0.2, 0.25) is 0 Å². The quantitative estimate of drug-likeness (QED) is 0.885. The van der Waals surface area contributed by atoms with Gasteiger partial charge in [0.1, 0.15) is 0 Å². The van der Waals surface area contributed by atoms with E-state index in [9.17, 15) is 4.79 Å². The molecule has 0 aliphatic heterocycles. The number of hydrogen-bond acceptors (Lipinski definition) is 4. The van der Waals surface area contributed by atoms with Gasteiger partial charge in [0, 0.05) is 25.0 Å². The van der Waals surface area contributed by atoms with E-state index in [4.69, 9.17) is 5.11 Å². The van der Waals surface area contributed by atoms with E-state index in [1.807, 2.05) is 20.0 Å². The number of hydrogen-bond donors (Lipinski definition) is 1. The molecule has 98 valence electrons. The molecule has 1 aromatic rings. The smallest absolute Gasteiger partial charge is 0.306 e. The van der Waals surface area contributed by atoms with Gasteiger partial charge >= 0.3 is 5.97 Å². The highest BCUT2D eigenvalue weighted by atomic mass is 16.4. The minimum atomic E-state index is -0.664. The Morgan fingerprint density at radius 2 is 2.06 bits per heavy atom. The van der Waals surface area contributed by atoms with Crippen LogP contribution in [0, 0.1) is 12.8 Å². The molecule has 1 aliphatic rings. The fourth-order valence-corrected chi connectivity index (χ4v) is 2.48. The van der Waals surface area contributed by atoms with Crippen molar-refractivity contribution in [3.05, 3.63) is 18.0 Å². The molecule has 0 bridgehead atoms. The Kier molecular flexibility index (Phi) is 3.79. The second kappa shape index (κ2) is 5.33. The minimum absolute atomic E-state index is 0.173. The molecular weight excluding hydrogens is 230 g/mol. The monoisotopic (exact) mass is 249 g/mol. The SMILES string of the molecule is Cc1ccnc(N(C)C2CCC(C(=O)O)CC2)n1. The van der Waals surface area contributed by atoms with Crippen molar-refractivity contribution in [3.63, 3.8) is 0 Å². The first kappa shape index (κ1) is 12.8.